The van der Waals surface area contributed by atoms with Gasteiger partial charge in [0.2, 0.25) is 0 Å². The summed E-state index contributed by atoms with van der Waals surface area (Å²) in [4.78, 5) is 0. The number of unbranched alkanes of at least 4 members (excludes halogenated alkanes) is 8. The maximum Gasteiger partial charge on any atom is 0.264 e. The van der Waals surface area contributed by atoms with E-state index >= 15 is 0 Å². The highest BCUT2D eigenvalue weighted by Gasteiger charge is 2.17. The quantitative estimate of drug-likeness (QED) is 0.345. The van der Waals surface area contributed by atoms with Gasteiger partial charge in [0.1, 0.15) is 6.10 Å². The third-order valence-electron chi connectivity index (χ3n) is 4.03. The van der Waals surface area contributed by atoms with Gasteiger partial charge in [-0.2, -0.15) is 8.42 Å². The largest absolute Gasteiger partial charge is 0.264 e. The molecule has 0 aromatic heterocycles. The zero-order chi connectivity index (χ0) is 17.0. The van der Waals surface area contributed by atoms with Crippen molar-refractivity contribution in [2.24, 2.45) is 0 Å². The molecule has 23 heavy (non-hydrogen) atoms. The molecule has 1 aromatic rings. The lowest BCUT2D eigenvalue weighted by atomic mass is 10.0. The van der Waals surface area contributed by atoms with Crippen LogP contribution in [0.3, 0.4) is 0 Å². The first-order valence-electron chi connectivity index (χ1n) is 8.96. The molecule has 4 heteroatoms. The van der Waals surface area contributed by atoms with Gasteiger partial charge in [0.05, 0.1) is 6.26 Å². The molecule has 0 radical (unpaired) electrons. The Morgan fingerprint density at radius 1 is 0.870 bits per heavy atom. The number of hydrogen-bond donors (Lipinski definition) is 0. The van der Waals surface area contributed by atoms with Gasteiger partial charge >= 0.3 is 0 Å². The van der Waals surface area contributed by atoms with Crippen molar-refractivity contribution < 1.29 is 12.6 Å². The predicted octanol–water partition coefficient (Wildman–Crippen LogP) is 5.62. The summed E-state index contributed by atoms with van der Waals surface area (Å²) in [6.45, 7) is 2.24. The summed E-state index contributed by atoms with van der Waals surface area (Å²) in [5, 5.41) is 0. The van der Waals surface area contributed by atoms with Gasteiger partial charge in [0, 0.05) is 0 Å². The first kappa shape index (κ1) is 20.2. The zero-order valence-corrected chi connectivity index (χ0v) is 15.5. The summed E-state index contributed by atoms with van der Waals surface area (Å²) >= 11 is 0. The molecule has 0 saturated heterocycles. The first-order valence-corrected chi connectivity index (χ1v) is 10.8. The van der Waals surface area contributed by atoms with Crippen LogP contribution in [0.5, 0.6) is 0 Å². The number of benzene rings is 1. The van der Waals surface area contributed by atoms with Crippen LogP contribution in [-0.2, 0) is 14.3 Å². The summed E-state index contributed by atoms with van der Waals surface area (Å²) in [5.74, 6) is 0. The van der Waals surface area contributed by atoms with Crippen molar-refractivity contribution in [3.05, 3.63) is 35.9 Å². The highest BCUT2D eigenvalue weighted by atomic mass is 32.2. The van der Waals surface area contributed by atoms with Crippen LogP contribution < -0.4 is 0 Å². The van der Waals surface area contributed by atoms with Crippen LogP contribution in [0, 0.1) is 0 Å². The van der Waals surface area contributed by atoms with Crippen LogP contribution in [0.2, 0.25) is 0 Å². The molecule has 0 bridgehead atoms. The second-order valence-electron chi connectivity index (χ2n) is 6.32. The lowest BCUT2D eigenvalue weighted by molar-refractivity contribution is 0.200. The third kappa shape index (κ3) is 10.5. The van der Waals surface area contributed by atoms with E-state index in [1.165, 1.54) is 44.9 Å². The Bertz CT molecular complexity index is 497. The molecule has 0 saturated carbocycles. The van der Waals surface area contributed by atoms with Crippen LogP contribution in [-0.4, -0.2) is 14.7 Å². The fraction of sp³-hybridized carbons (Fsp3) is 0.684. The van der Waals surface area contributed by atoms with Crippen LogP contribution >= 0.6 is 0 Å². The van der Waals surface area contributed by atoms with E-state index in [9.17, 15) is 8.42 Å². The highest BCUT2D eigenvalue weighted by molar-refractivity contribution is 7.86. The average molecular weight is 341 g/mol. The van der Waals surface area contributed by atoms with Crippen LogP contribution in [0.25, 0.3) is 0 Å². The number of hydrogen-bond acceptors (Lipinski definition) is 3. The summed E-state index contributed by atoms with van der Waals surface area (Å²) in [5.41, 5.74) is 0.942. The fourth-order valence-corrected chi connectivity index (χ4v) is 3.42. The van der Waals surface area contributed by atoms with E-state index in [1.807, 2.05) is 30.3 Å². The van der Waals surface area contributed by atoms with E-state index < -0.39 is 10.1 Å². The van der Waals surface area contributed by atoms with Gasteiger partial charge in [-0.25, -0.2) is 0 Å². The molecule has 1 unspecified atom stereocenters. The van der Waals surface area contributed by atoms with Crippen molar-refractivity contribution in [3.63, 3.8) is 0 Å². The van der Waals surface area contributed by atoms with Crippen molar-refractivity contribution in [3.8, 4) is 0 Å². The van der Waals surface area contributed by atoms with Gasteiger partial charge in [0.15, 0.2) is 0 Å². The lowest BCUT2D eigenvalue weighted by Crippen LogP contribution is -2.10. The topological polar surface area (TPSA) is 43.4 Å². The SMILES string of the molecule is CCCCCCCCCCCC(OS(C)(=O)=O)c1ccccc1. The van der Waals surface area contributed by atoms with E-state index in [0.717, 1.165) is 31.1 Å². The van der Waals surface area contributed by atoms with Gasteiger partial charge in [0.25, 0.3) is 10.1 Å². The van der Waals surface area contributed by atoms with Crippen LogP contribution in [0.4, 0.5) is 0 Å². The van der Waals surface area contributed by atoms with Gasteiger partial charge in [-0.1, -0.05) is 95.0 Å². The van der Waals surface area contributed by atoms with Crippen molar-refractivity contribution in [2.75, 3.05) is 6.26 Å². The Hall–Kier alpha value is -0.870. The normalized spacial score (nSPS) is 13.1. The second kappa shape index (κ2) is 11.6. The lowest BCUT2D eigenvalue weighted by Gasteiger charge is -2.16. The molecule has 0 amide bonds. The standard InChI is InChI=1S/C19H32O3S/c1-3-4-5-6-7-8-9-10-14-17-19(22-23(2,20)21)18-15-12-11-13-16-18/h11-13,15-16,19H,3-10,14,17H2,1-2H3. The molecule has 0 heterocycles. The maximum atomic E-state index is 11.5. The average Bonchev–Trinajstić information content (AvgIpc) is 2.52. The van der Waals surface area contributed by atoms with Gasteiger partial charge in [-0.15, -0.1) is 0 Å². The smallest absolute Gasteiger partial charge is 0.262 e. The molecule has 0 spiro atoms. The molecule has 0 aliphatic rings. The molecular weight excluding hydrogens is 308 g/mol. The van der Waals surface area contributed by atoms with Crippen molar-refractivity contribution in [1.82, 2.24) is 0 Å². The molecule has 0 N–H and O–H groups in total. The van der Waals surface area contributed by atoms with E-state index in [0.29, 0.717) is 0 Å². The number of rotatable bonds is 13. The summed E-state index contributed by atoms with van der Waals surface area (Å²) in [6.07, 6.45) is 12.9. The summed E-state index contributed by atoms with van der Waals surface area (Å²) in [7, 11) is -3.43. The Balaban J connectivity index is 2.27. The van der Waals surface area contributed by atoms with Gasteiger partial charge in [-0.05, 0) is 12.0 Å². The maximum absolute atomic E-state index is 11.5. The summed E-state index contributed by atoms with van der Waals surface area (Å²) in [6, 6.07) is 9.64. The Kier molecular flexibility index (Phi) is 10.2. The van der Waals surface area contributed by atoms with Gasteiger partial charge in [-0.3, -0.25) is 4.18 Å². The Morgan fingerprint density at radius 3 is 1.91 bits per heavy atom. The molecule has 0 aliphatic carbocycles. The van der Waals surface area contributed by atoms with Crippen molar-refractivity contribution in [1.29, 1.82) is 0 Å². The Morgan fingerprint density at radius 2 is 1.39 bits per heavy atom. The third-order valence-corrected chi connectivity index (χ3v) is 4.61. The molecule has 132 valence electrons. The van der Waals surface area contributed by atoms with Crippen molar-refractivity contribution in [2.45, 2.75) is 77.2 Å². The van der Waals surface area contributed by atoms with E-state index in [-0.39, 0.29) is 6.10 Å². The monoisotopic (exact) mass is 340 g/mol. The molecule has 1 aromatic carbocycles. The molecule has 3 nitrogen and oxygen atoms in total. The van der Waals surface area contributed by atoms with Crippen LogP contribution in [0.1, 0.15) is 82.8 Å². The molecule has 0 aliphatic heterocycles. The minimum Gasteiger partial charge on any atom is -0.262 e. The minimum atomic E-state index is -3.43. The van der Waals surface area contributed by atoms with Gasteiger partial charge < -0.3 is 0 Å². The van der Waals surface area contributed by atoms with E-state index in [4.69, 9.17) is 4.18 Å². The Labute approximate surface area is 142 Å². The summed E-state index contributed by atoms with van der Waals surface area (Å²) < 4.78 is 28.2. The molecule has 0 fully saturated rings. The fourth-order valence-electron chi connectivity index (χ4n) is 2.79. The van der Waals surface area contributed by atoms with E-state index in [1.54, 1.807) is 0 Å². The van der Waals surface area contributed by atoms with Crippen LogP contribution in [0.15, 0.2) is 30.3 Å². The molecule has 1 atom stereocenters. The minimum absolute atomic E-state index is 0.351. The highest BCUT2D eigenvalue weighted by Crippen LogP contribution is 2.25. The predicted molar refractivity (Wildman–Crippen MR) is 97.0 cm³/mol. The second-order valence-corrected chi connectivity index (χ2v) is 7.92. The zero-order valence-electron chi connectivity index (χ0n) is 14.7. The first-order chi connectivity index (χ1) is 11.0. The van der Waals surface area contributed by atoms with Crippen molar-refractivity contribution >= 4 is 10.1 Å². The molecule has 1 rings (SSSR count). The molecular formula is C19H32O3S. The van der Waals surface area contributed by atoms with E-state index in [2.05, 4.69) is 6.92 Å².